The van der Waals surface area contributed by atoms with Gasteiger partial charge < -0.3 is 14.2 Å². The minimum Gasteiger partial charge on any atom is -0.462 e. The molecule has 0 aliphatic heterocycles. The normalized spacial score (nSPS) is 12.7. The fourth-order valence-electron chi connectivity index (χ4n) is 7.02. The summed E-state index contributed by atoms with van der Waals surface area (Å²) in [6.07, 6.45) is 36.9. The van der Waals surface area contributed by atoms with Crippen molar-refractivity contribution in [3.05, 3.63) is 0 Å². The summed E-state index contributed by atoms with van der Waals surface area (Å²) in [6, 6.07) is 0. The van der Waals surface area contributed by atoms with Gasteiger partial charge in [-0.25, -0.2) is 0 Å². The Morgan fingerprint density at radius 3 is 0.963 bits per heavy atom. The van der Waals surface area contributed by atoms with Gasteiger partial charge in [0.25, 0.3) is 0 Å². The monoisotopic (exact) mass is 765 g/mol. The van der Waals surface area contributed by atoms with Crippen molar-refractivity contribution in [3.8, 4) is 0 Å². The number of hydrogen-bond acceptors (Lipinski definition) is 6. The van der Waals surface area contributed by atoms with E-state index >= 15 is 0 Å². The highest BCUT2D eigenvalue weighted by Gasteiger charge is 2.19. The van der Waals surface area contributed by atoms with Crippen molar-refractivity contribution < 1.29 is 28.6 Å². The third-order valence-electron chi connectivity index (χ3n) is 11.0. The Hall–Kier alpha value is -1.59. The lowest BCUT2D eigenvalue weighted by molar-refractivity contribution is -0.167. The van der Waals surface area contributed by atoms with Gasteiger partial charge in [-0.1, -0.05) is 215 Å². The summed E-state index contributed by atoms with van der Waals surface area (Å²) in [5, 5.41) is 0. The molecule has 2 atom stereocenters. The van der Waals surface area contributed by atoms with E-state index in [0.717, 1.165) is 75.5 Å². The van der Waals surface area contributed by atoms with Crippen LogP contribution in [0.5, 0.6) is 0 Å². The van der Waals surface area contributed by atoms with Crippen LogP contribution in [-0.4, -0.2) is 37.2 Å². The average molecular weight is 765 g/mol. The van der Waals surface area contributed by atoms with E-state index in [4.69, 9.17) is 14.2 Å². The molecular formula is C48H92O6. The molecular weight excluding hydrogens is 673 g/mol. The summed E-state index contributed by atoms with van der Waals surface area (Å²) < 4.78 is 16.7. The lowest BCUT2D eigenvalue weighted by Gasteiger charge is -2.18. The molecule has 0 aliphatic rings. The van der Waals surface area contributed by atoms with E-state index in [1.54, 1.807) is 0 Å². The van der Waals surface area contributed by atoms with E-state index in [0.29, 0.717) is 19.3 Å². The molecule has 0 bridgehead atoms. The van der Waals surface area contributed by atoms with E-state index in [9.17, 15) is 14.4 Å². The molecule has 0 fully saturated rings. The number of hydrogen-bond donors (Lipinski definition) is 0. The van der Waals surface area contributed by atoms with Crippen molar-refractivity contribution in [1.82, 2.24) is 0 Å². The van der Waals surface area contributed by atoms with Crippen LogP contribution in [0.15, 0.2) is 0 Å². The first-order valence-electron chi connectivity index (χ1n) is 23.6. The smallest absolute Gasteiger partial charge is 0.306 e. The molecule has 0 aromatic carbocycles. The van der Waals surface area contributed by atoms with E-state index in [2.05, 4.69) is 41.5 Å². The highest BCUT2D eigenvalue weighted by atomic mass is 16.6. The molecule has 0 radical (unpaired) electrons. The summed E-state index contributed by atoms with van der Waals surface area (Å²) in [7, 11) is 0. The second kappa shape index (κ2) is 39.6. The molecule has 0 saturated heterocycles. The maximum Gasteiger partial charge on any atom is 0.306 e. The SMILES string of the molecule is CCC(C)CCCCCCCCCCCCCCCCC(=O)OC[C@H](COC(=O)CCCCCCCCC(C)C)OC(=O)CCCCCCCCC(C)C. The molecule has 54 heavy (non-hydrogen) atoms. The van der Waals surface area contributed by atoms with Gasteiger partial charge in [-0.15, -0.1) is 0 Å². The van der Waals surface area contributed by atoms with Crippen LogP contribution >= 0.6 is 0 Å². The zero-order valence-electron chi connectivity index (χ0n) is 37.0. The van der Waals surface area contributed by atoms with Crippen LogP contribution in [0.1, 0.15) is 253 Å². The van der Waals surface area contributed by atoms with Gasteiger partial charge in [0.1, 0.15) is 13.2 Å². The van der Waals surface area contributed by atoms with Gasteiger partial charge in [0.05, 0.1) is 0 Å². The molecule has 0 spiro atoms. The number of rotatable bonds is 41. The molecule has 0 N–H and O–H groups in total. The first kappa shape index (κ1) is 52.4. The number of esters is 3. The van der Waals surface area contributed by atoms with Gasteiger partial charge in [0.15, 0.2) is 6.10 Å². The number of carbonyl (C=O) groups excluding carboxylic acids is 3. The Kier molecular flexibility index (Phi) is 38.5. The van der Waals surface area contributed by atoms with E-state index in [-0.39, 0.29) is 31.1 Å². The molecule has 320 valence electrons. The third kappa shape index (κ3) is 40.1. The van der Waals surface area contributed by atoms with Gasteiger partial charge in [-0.05, 0) is 37.0 Å². The fraction of sp³-hybridized carbons (Fsp3) is 0.938. The van der Waals surface area contributed by atoms with Crippen molar-refractivity contribution >= 4 is 17.9 Å². The Morgan fingerprint density at radius 2 is 0.648 bits per heavy atom. The molecule has 0 aromatic heterocycles. The molecule has 0 amide bonds. The first-order chi connectivity index (χ1) is 26.1. The van der Waals surface area contributed by atoms with E-state index in [1.165, 1.54) is 135 Å². The third-order valence-corrected chi connectivity index (χ3v) is 11.0. The van der Waals surface area contributed by atoms with Crippen LogP contribution in [0.4, 0.5) is 0 Å². The van der Waals surface area contributed by atoms with Gasteiger partial charge in [-0.2, -0.15) is 0 Å². The summed E-state index contributed by atoms with van der Waals surface area (Å²) in [5.41, 5.74) is 0. The number of unbranched alkanes of at least 4 members (excludes halogenated alkanes) is 23. The molecule has 0 aliphatic carbocycles. The number of ether oxygens (including phenoxy) is 3. The van der Waals surface area contributed by atoms with E-state index < -0.39 is 6.10 Å². The van der Waals surface area contributed by atoms with Gasteiger partial charge in [0, 0.05) is 19.3 Å². The zero-order chi connectivity index (χ0) is 39.9. The molecule has 0 saturated carbocycles. The molecule has 6 heteroatoms. The summed E-state index contributed by atoms with van der Waals surface area (Å²) in [5.74, 6) is 1.55. The van der Waals surface area contributed by atoms with Gasteiger partial charge in [0.2, 0.25) is 0 Å². The van der Waals surface area contributed by atoms with Crippen LogP contribution in [0, 0.1) is 17.8 Å². The summed E-state index contributed by atoms with van der Waals surface area (Å²) >= 11 is 0. The largest absolute Gasteiger partial charge is 0.462 e. The standard InChI is InChI=1S/C48H92O6/c1-7-44(6)36-30-24-16-14-12-10-8-9-11-13-15-17-25-31-37-46(49)52-40-45(54-48(51)39-33-27-21-19-23-29-35-43(4)5)41-53-47(50)38-32-26-20-18-22-28-34-42(2)3/h42-45H,7-41H2,1-6H3/t44?,45-/m1/s1. The lowest BCUT2D eigenvalue weighted by Crippen LogP contribution is -2.30. The minimum atomic E-state index is -0.762. The predicted molar refractivity (Wildman–Crippen MR) is 229 cm³/mol. The van der Waals surface area contributed by atoms with Crippen LogP contribution in [0.25, 0.3) is 0 Å². The van der Waals surface area contributed by atoms with Crippen molar-refractivity contribution in [3.63, 3.8) is 0 Å². The van der Waals surface area contributed by atoms with Gasteiger partial charge in [-0.3, -0.25) is 14.4 Å². The second-order valence-corrected chi connectivity index (χ2v) is 17.6. The van der Waals surface area contributed by atoms with Crippen molar-refractivity contribution in [1.29, 1.82) is 0 Å². The Labute approximate surface area is 336 Å². The minimum absolute atomic E-state index is 0.0671. The molecule has 0 heterocycles. The van der Waals surface area contributed by atoms with Crippen LogP contribution < -0.4 is 0 Å². The highest BCUT2D eigenvalue weighted by molar-refractivity contribution is 5.71. The second-order valence-electron chi connectivity index (χ2n) is 17.6. The highest BCUT2D eigenvalue weighted by Crippen LogP contribution is 2.17. The van der Waals surface area contributed by atoms with Crippen LogP contribution in [-0.2, 0) is 28.6 Å². The zero-order valence-corrected chi connectivity index (χ0v) is 37.0. The topological polar surface area (TPSA) is 78.9 Å². The Balaban J connectivity index is 4.22. The van der Waals surface area contributed by atoms with E-state index in [1.807, 2.05) is 0 Å². The number of carbonyl (C=O) groups is 3. The average Bonchev–Trinajstić information content (AvgIpc) is 3.14. The molecule has 6 nitrogen and oxygen atoms in total. The Bertz CT molecular complexity index is 839. The fourth-order valence-corrected chi connectivity index (χ4v) is 7.02. The van der Waals surface area contributed by atoms with Crippen molar-refractivity contribution in [2.75, 3.05) is 13.2 Å². The van der Waals surface area contributed by atoms with Crippen LogP contribution in [0.3, 0.4) is 0 Å². The van der Waals surface area contributed by atoms with Crippen molar-refractivity contribution in [2.24, 2.45) is 17.8 Å². The maximum absolute atomic E-state index is 12.7. The molecule has 0 rings (SSSR count). The van der Waals surface area contributed by atoms with Crippen LogP contribution in [0.2, 0.25) is 0 Å². The summed E-state index contributed by atoms with van der Waals surface area (Å²) in [6.45, 7) is 13.6. The Morgan fingerprint density at radius 1 is 0.370 bits per heavy atom. The maximum atomic E-state index is 12.7. The lowest BCUT2D eigenvalue weighted by atomic mass is 9.99. The van der Waals surface area contributed by atoms with Gasteiger partial charge >= 0.3 is 17.9 Å². The molecule has 1 unspecified atom stereocenters. The summed E-state index contributed by atoms with van der Waals surface area (Å²) in [4.78, 5) is 37.7. The quantitative estimate of drug-likeness (QED) is 0.0350. The predicted octanol–water partition coefficient (Wildman–Crippen LogP) is 14.8. The van der Waals surface area contributed by atoms with Crippen molar-refractivity contribution in [2.45, 2.75) is 260 Å². The molecule has 0 aromatic rings. The first-order valence-corrected chi connectivity index (χ1v) is 23.6.